The maximum absolute atomic E-state index is 13.7. The first kappa shape index (κ1) is 18.2. The number of methoxy groups -OCH3 is 1. The highest BCUT2D eigenvalue weighted by atomic mass is 19.1. The van der Waals surface area contributed by atoms with Crippen molar-refractivity contribution < 1.29 is 18.4 Å². The third kappa shape index (κ3) is 3.65. The number of nitrogens with one attached hydrogen (secondary N) is 2. The van der Waals surface area contributed by atoms with Gasteiger partial charge in [0.2, 0.25) is 0 Å². The average Bonchev–Trinajstić information content (AvgIpc) is 3.08. The van der Waals surface area contributed by atoms with E-state index in [0.29, 0.717) is 16.9 Å². The van der Waals surface area contributed by atoms with Crippen LogP contribution in [0.25, 0.3) is 11.3 Å². The van der Waals surface area contributed by atoms with Gasteiger partial charge in [-0.15, -0.1) is 0 Å². The molecule has 1 saturated heterocycles. The molecule has 0 bridgehead atoms. The Morgan fingerprint density at radius 2 is 2.27 bits per heavy atom. The van der Waals surface area contributed by atoms with E-state index in [0.717, 1.165) is 25.9 Å². The fraction of sp³-hybridized carbons (Fsp3) is 0.444. The molecule has 140 valence electrons. The number of carbonyl (C=O) groups is 1. The fourth-order valence-electron chi connectivity index (χ4n) is 3.02. The topological polar surface area (TPSA) is 79.6 Å². The predicted octanol–water partition coefficient (Wildman–Crippen LogP) is 2.04. The van der Waals surface area contributed by atoms with Crippen LogP contribution in [-0.2, 0) is 0 Å². The Hall–Kier alpha value is -2.61. The van der Waals surface area contributed by atoms with Crippen molar-refractivity contribution in [1.82, 2.24) is 15.8 Å². The monoisotopic (exact) mass is 362 g/mol. The van der Waals surface area contributed by atoms with Gasteiger partial charge < -0.3 is 24.8 Å². The van der Waals surface area contributed by atoms with Crippen LogP contribution in [0.2, 0.25) is 0 Å². The summed E-state index contributed by atoms with van der Waals surface area (Å²) in [6.07, 6.45) is 1.93. The molecule has 3 rings (SSSR count). The van der Waals surface area contributed by atoms with E-state index in [-0.39, 0.29) is 23.5 Å². The molecule has 0 spiro atoms. The van der Waals surface area contributed by atoms with Crippen molar-refractivity contribution in [3.05, 3.63) is 29.6 Å². The van der Waals surface area contributed by atoms with E-state index in [4.69, 9.17) is 9.26 Å². The zero-order valence-electron chi connectivity index (χ0n) is 15.1. The summed E-state index contributed by atoms with van der Waals surface area (Å²) in [6.45, 7) is 1.69. The molecule has 2 N–H and O–H groups in total. The largest absolute Gasteiger partial charge is 0.494 e. The second-order valence-electron chi connectivity index (χ2n) is 6.47. The number of anilines is 1. The van der Waals surface area contributed by atoms with Gasteiger partial charge in [-0.25, -0.2) is 4.39 Å². The highest BCUT2D eigenvalue weighted by molar-refractivity contribution is 6.04. The van der Waals surface area contributed by atoms with E-state index >= 15 is 0 Å². The van der Waals surface area contributed by atoms with Gasteiger partial charge in [-0.1, -0.05) is 5.16 Å². The zero-order chi connectivity index (χ0) is 18.7. The maximum Gasteiger partial charge on any atom is 0.259 e. The van der Waals surface area contributed by atoms with Crippen LogP contribution >= 0.6 is 0 Å². The number of rotatable bonds is 5. The van der Waals surface area contributed by atoms with Crippen LogP contribution < -0.4 is 20.3 Å². The van der Waals surface area contributed by atoms with Crippen LogP contribution in [0.3, 0.4) is 0 Å². The molecule has 26 heavy (non-hydrogen) atoms. The Bertz CT molecular complexity index is 785. The molecule has 0 unspecified atom stereocenters. The standard InChI is InChI=1S/C18H23FN4O3/c1-23(2)17-15(18(24)21-12-5-4-8-20-10-12)16(26-22-17)11-6-7-13(19)14(9-11)25-3/h6-7,9,12,20H,4-5,8,10H2,1-3H3,(H,21,24)/t12-/m0/s1. The third-order valence-electron chi connectivity index (χ3n) is 4.37. The van der Waals surface area contributed by atoms with Crippen molar-refractivity contribution in [2.24, 2.45) is 0 Å². The summed E-state index contributed by atoms with van der Waals surface area (Å²) < 4.78 is 24.2. The van der Waals surface area contributed by atoms with E-state index in [9.17, 15) is 9.18 Å². The molecule has 1 aromatic heterocycles. The van der Waals surface area contributed by atoms with Crippen LogP contribution in [0.15, 0.2) is 22.7 Å². The van der Waals surface area contributed by atoms with Crippen LogP contribution in [0, 0.1) is 5.82 Å². The van der Waals surface area contributed by atoms with Crippen molar-refractivity contribution in [3.8, 4) is 17.1 Å². The molecule has 1 aromatic carbocycles. The van der Waals surface area contributed by atoms with E-state index < -0.39 is 5.82 Å². The summed E-state index contributed by atoms with van der Waals surface area (Å²) in [5.74, 6) is 0.0378. The second-order valence-corrected chi connectivity index (χ2v) is 6.47. The lowest BCUT2D eigenvalue weighted by molar-refractivity contribution is 0.0931. The molecule has 0 radical (unpaired) electrons. The number of benzene rings is 1. The van der Waals surface area contributed by atoms with Crippen molar-refractivity contribution in [2.45, 2.75) is 18.9 Å². The van der Waals surface area contributed by atoms with E-state index in [1.165, 1.54) is 25.3 Å². The quantitative estimate of drug-likeness (QED) is 0.847. The van der Waals surface area contributed by atoms with Gasteiger partial charge in [-0.05, 0) is 37.6 Å². The molecule has 8 heteroatoms. The molecule has 7 nitrogen and oxygen atoms in total. The van der Waals surface area contributed by atoms with Crippen LogP contribution in [-0.4, -0.2) is 51.4 Å². The molecular weight excluding hydrogens is 339 g/mol. The summed E-state index contributed by atoms with van der Waals surface area (Å²) in [4.78, 5) is 14.7. The lowest BCUT2D eigenvalue weighted by Gasteiger charge is -2.24. The maximum atomic E-state index is 13.7. The lowest BCUT2D eigenvalue weighted by Crippen LogP contribution is -2.45. The minimum absolute atomic E-state index is 0.0526. The zero-order valence-corrected chi connectivity index (χ0v) is 15.1. The molecule has 1 fully saturated rings. The number of aromatic nitrogens is 1. The van der Waals surface area contributed by atoms with E-state index in [1.54, 1.807) is 19.0 Å². The molecule has 1 aliphatic rings. The van der Waals surface area contributed by atoms with E-state index in [1.807, 2.05) is 0 Å². The Morgan fingerprint density at radius 3 is 2.92 bits per heavy atom. The van der Waals surface area contributed by atoms with Crippen molar-refractivity contribution in [2.75, 3.05) is 39.2 Å². The summed E-state index contributed by atoms with van der Waals surface area (Å²) >= 11 is 0. The molecule has 2 aromatic rings. The Kier molecular flexibility index (Phi) is 5.41. The molecule has 1 amide bonds. The lowest BCUT2D eigenvalue weighted by atomic mass is 10.0. The first-order chi connectivity index (χ1) is 12.5. The molecule has 1 atom stereocenters. The second kappa shape index (κ2) is 7.74. The van der Waals surface area contributed by atoms with Gasteiger partial charge in [0.05, 0.1) is 7.11 Å². The van der Waals surface area contributed by atoms with Gasteiger partial charge in [-0.3, -0.25) is 4.79 Å². The first-order valence-electron chi connectivity index (χ1n) is 8.53. The van der Waals surface area contributed by atoms with Crippen LogP contribution in [0.5, 0.6) is 5.75 Å². The van der Waals surface area contributed by atoms with Gasteiger partial charge in [0, 0.05) is 32.2 Å². The third-order valence-corrected chi connectivity index (χ3v) is 4.37. The first-order valence-corrected chi connectivity index (χ1v) is 8.53. The number of halogens is 1. The smallest absolute Gasteiger partial charge is 0.259 e. The fourth-order valence-corrected chi connectivity index (χ4v) is 3.02. The number of amides is 1. The minimum Gasteiger partial charge on any atom is -0.494 e. The predicted molar refractivity (Wildman–Crippen MR) is 96.1 cm³/mol. The summed E-state index contributed by atoms with van der Waals surface area (Å²) in [7, 11) is 4.95. The van der Waals surface area contributed by atoms with Gasteiger partial charge in [0.15, 0.2) is 23.1 Å². The molecular formula is C18H23FN4O3. The number of hydrogen-bond donors (Lipinski definition) is 2. The van der Waals surface area contributed by atoms with Crippen LogP contribution in [0.1, 0.15) is 23.2 Å². The van der Waals surface area contributed by atoms with Gasteiger partial charge >= 0.3 is 0 Å². The SMILES string of the molecule is COc1cc(-c2onc(N(C)C)c2C(=O)N[C@H]2CCCNC2)ccc1F. The average molecular weight is 362 g/mol. The minimum atomic E-state index is -0.483. The van der Waals surface area contributed by atoms with Gasteiger partial charge in [-0.2, -0.15) is 0 Å². The number of carbonyl (C=O) groups excluding carboxylic acids is 1. The summed E-state index contributed by atoms with van der Waals surface area (Å²) in [6, 6.07) is 4.36. The molecule has 0 aliphatic carbocycles. The molecule has 2 heterocycles. The van der Waals surface area contributed by atoms with Gasteiger partial charge in [0.1, 0.15) is 5.56 Å². The van der Waals surface area contributed by atoms with Gasteiger partial charge in [0.25, 0.3) is 5.91 Å². The highest BCUT2D eigenvalue weighted by Crippen LogP contribution is 2.33. The van der Waals surface area contributed by atoms with Crippen molar-refractivity contribution in [3.63, 3.8) is 0 Å². The molecule has 1 aliphatic heterocycles. The normalized spacial score (nSPS) is 17.0. The Morgan fingerprint density at radius 1 is 1.46 bits per heavy atom. The number of piperidine rings is 1. The number of ether oxygens (including phenoxy) is 1. The summed E-state index contributed by atoms with van der Waals surface area (Å²) in [5.41, 5.74) is 0.852. The number of nitrogens with zero attached hydrogens (tertiary/aromatic N) is 2. The molecule has 0 saturated carbocycles. The summed E-state index contributed by atoms with van der Waals surface area (Å²) in [5, 5.41) is 10.3. The Labute approximate surface area is 151 Å². The number of hydrogen-bond acceptors (Lipinski definition) is 6. The Balaban J connectivity index is 1.97. The van der Waals surface area contributed by atoms with Crippen LogP contribution in [0.4, 0.5) is 10.2 Å². The van der Waals surface area contributed by atoms with Crippen molar-refractivity contribution >= 4 is 11.7 Å². The van der Waals surface area contributed by atoms with E-state index in [2.05, 4.69) is 15.8 Å². The highest BCUT2D eigenvalue weighted by Gasteiger charge is 2.28. The van der Waals surface area contributed by atoms with Crippen molar-refractivity contribution in [1.29, 1.82) is 0 Å².